The van der Waals surface area contributed by atoms with Gasteiger partial charge in [0, 0.05) is 33.5 Å². The second-order valence-corrected chi connectivity index (χ2v) is 5.84. The molecular weight excluding hydrogens is 276 g/mol. The summed E-state index contributed by atoms with van der Waals surface area (Å²) in [5, 5.41) is 4.77. The molecule has 0 bridgehead atoms. The molecule has 0 saturated carbocycles. The number of aromatic amines is 1. The van der Waals surface area contributed by atoms with Crippen molar-refractivity contribution in [1.82, 2.24) is 10.3 Å². The van der Waals surface area contributed by atoms with Crippen LogP contribution in [0.25, 0.3) is 10.9 Å². The minimum Gasteiger partial charge on any atom is -0.357 e. The van der Waals surface area contributed by atoms with E-state index in [2.05, 4.69) is 52.2 Å². The summed E-state index contributed by atoms with van der Waals surface area (Å²) in [6.07, 6.45) is 1.23. The Labute approximate surface area is 110 Å². The van der Waals surface area contributed by atoms with Gasteiger partial charge in [-0.1, -0.05) is 6.07 Å². The zero-order valence-corrected chi connectivity index (χ0v) is 11.8. The number of aromatic nitrogens is 1. The molecule has 2 heterocycles. The van der Waals surface area contributed by atoms with Gasteiger partial charge in [0.1, 0.15) is 0 Å². The average molecular weight is 293 g/mol. The van der Waals surface area contributed by atoms with Crippen LogP contribution in [0, 0.1) is 13.8 Å². The van der Waals surface area contributed by atoms with Crippen LogP contribution < -0.4 is 5.32 Å². The Morgan fingerprint density at radius 2 is 2.12 bits per heavy atom. The fraction of sp³-hybridized carbons (Fsp3) is 0.429. The van der Waals surface area contributed by atoms with Gasteiger partial charge in [0.25, 0.3) is 0 Å². The summed E-state index contributed by atoms with van der Waals surface area (Å²) < 4.78 is 1.26. The van der Waals surface area contributed by atoms with Gasteiger partial charge in [0.15, 0.2) is 0 Å². The second kappa shape index (κ2) is 4.14. The van der Waals surface area contributed by atoms with E-state index in [9.17, 15) is 0 Å². The summed E-state index contributed by atoms with van der Waals surface area (Å²) in [5.74, 6) is 0.622. The Kier molecular flexibility index (Phi) is 2.75. The van der Waals surface area contributed by atoms with Crippen LogP contribution in [0.15, 0.2) is 16.6 Å². The molecule has 1 atom stereocenters. The first kappa shape index (κ1) is 11.3. The van der Waals surface area contributed by atoms with Crippen LogP contribution in [-0.2, 0) is 0 Å². The number of benzene rings is 1. The summed E-state index contributed by atoms with van der Waals surface area (Å²) in [5.41, 5.74) is 5.29. The van der Waals surface area contributed by atoms with Crippen molar-refractivity contribution in [3.05, 3.63) is 33.4 Å². The highest BCUT2D eigenvalue weighted by molar-refractivity contribution is 9.10. The molecule has 2 N–H and O–H groups in total. The van der Waals surface area contributed by atoms with Crippen molar-refractivity contribution >= 4 is 26.8 Å². The maximum absolute atomic E-state index is 3.78. The molecule has 3 rings (SSSR count). The van der Waals surface area contributed by atoms with Gasteiger partial charge in [-0.2, -0.15) is 0 Å². The Morgan fingerprint density at radius 1 is 1.29 bits per heavy atom. The third kappa shape index (κ3) is 1.81. The molecule has 1 aromatic carbocycles. The maximum Gasteiger partial charge on any atom is 0.0473 e. The first-order valence-corrected chi connectivity index (χ1v) is 6.95. The van der Waals surface area contributed by atoms with Crippen molar-refractivity contribution in [2.75, 3.05) is 13.1 Å². The van der Waals surface area contributed by atoms with Gasteiger partial charge in [-0.25, -0.2) is 0 Å². The van der Waals surface area contributed by atoms with Crippen LogP contribution in [0.5, 0.6) is 0 Å². The Bertz CT molecular complexity index is 565. The van der Waals surface area contributed by atoms with Crippen LogP contribution in [0.1, 0.15) is 29.2 Å². The number of H-pyrrole nitrogens is 1. The standard InChI is InChI=1S/C14H17BrN2/c1-8-5-9(2)12-11(6-8)17-14(13(12)15)10-3-4-16-7-10/h5-6,10,16-17H,3-4,7H2,1-2H3. The van der Waals surface area contributed by atoms with Gasteiger partial charge in [-0.3, -0.25) is 0 Å². The molecule has 2 nitrogen and oxygen atoms in total. The third-order valence-corrected chi connectivity index (χ3v) is 4.50. The van der Waals surface area contributed by atoms with E-state index in [1.807, 2.05) is 0 Å². The molecule has 90 valence electrons. The number of nitrogens with one attached hydrogen (secondary N) is 2. The van der Waals surface area contributed by atoms with Gasteiger partial charge in [-0.05, 0) is 59.9 Å². The molecule has 0 aliphatic carbocycles. The number of hydrogen-bond acceptors (Lipinski definition) is 1. The average Bonchev–Trinajstić information content (AvgIpc) is 2.85. The smallest absolute Gasteiger partial charge is 0.0473 e. The second-order valence-electron chi connectivity index (χ2n) is 5.05. The highest BCUT2D eigenvalue weighted by Gasteiger charge is 2.22. The van der Waals surface area contributed by atoms with Gasteiger partial charge in [-0.15, -0.1) is 0 Å². The number of halogens is 1. The lowest BCUT2D eigenvalue weighted by molar-refractivity contribution is 0.740. The van der Waals surface area contributed by atoms with Crippen molar-refractivity contribution in [3.63, 3.8) is 0 Å². The van der Waals surface area contributed by atoms with E-state index in [4.69, 9.17) is 0 Å². The third-order valence-electron chi connectivity index (χ3n) is 3.67. The molecule has 1 aromatic heterocycles. The van der Waals surface area contributed by atoms with Crippen LogP contribution in [-0.4, -0.2) is 18.1 Å². The van der Waals surface area contributed by atoms with E-state index >= 15 is 0 Å². The predicted octanol–water partition coefficient (Wildman–Crippen LogP) is 3.62. The van der Waals surface area contributed by atoms with Gasteiger partial charge in [0.05, 0.1) is 0 Å². The quantitative estimate of drug-likeness (QED) is 0.825. The fourth-order valence-corrected chi connectivity index (χ4v) is 3.82. The van der Waals surface area contributed by atoms with Gasteiger partial charge in [0.2, 0.25) is 0 Å². The molecule has 1 aliphatic heterocycles. The largest absolute Gasteiger partial charge is 0.357 e. The van der Waals surface area contributed by atoms with Crippen LogP contribution in [0.4, 0.5) is 0 Å². The zero-order chi connectivity index (χ0) is 12.0. The van der Waals surface area contributed by atoms with Gasteiger partial charge < -0.3 is 10.3 Å². The summed E-state index contributed by atoms with van der Waals surface area (Å²) in [7, 11) is 0. The molecule has 1 saturated heterocycles. The predicted molar refractivity (Wildman–Crippen MR) is 75.7 cm³/mol. The monoisotopic (exact) mass is 292 g/mol. The zero-order valence-electron chi connectivity index (χ0n) is 10.2. The normalized spacial score (nSPS) is 20.3. The lowest BCUT2D eigenvalue weighted by atomic mass is 10.0. The van der Waals surface area contributed by atoms with E-state index in [0.29, 0.717) is 5.92 Å². The van der Waals surface area contributed by atoms with Crippen molar-refractivity contribution in [3.8, 4) is 0 Å². The minimum absolute atomic E-state index is 0.622. The Balaban J connectivity index is 2.20. The van der Waals surface area contributed by atoms with E-state index in [0.717, 1.165) is 13.1 Å². The van der Waals surface area contributed by atoms with Crippen molar-refractivity contribution in [2.45, 2.75) is 26.2 Å². The number of aryl methyl sites for hydroxylation is 2. The topological polar surface area (TPSA) is 27.8 Å². The van der Waals surface area contributed by atoms with Crippen molar-refractivity contribution in [1.29, 1.82) is 0 Å². The highest BCUT2D eigenvalue weighted by Crippen LogP contribution is 2.36. The summed E-state index contributed by atoms with van der Waals surface area (Å²) in [6, 6.07) is 4.48. The van der Waals surface area contributed by atoms with E-state index in [1.165, 1.54) is 38.6 Å². The molecule has 1 unspecified atom stereocenters. The van der Waals surface area contributed by atoms with Crippen LogP contribution in [0.3, 0.4) is 0 Å². The molecule has 1 aliphatic rings. The molecule has 1 fully saturated rings. The van der Waals surface area contributed by atoms with E-state index < -0.39 is 0 Å². The molecule has 0 amide bonds. The molecule has 3 heteroatoms. The SMILES string of the molecule is Cc1cc(C)c2c(Br)c(C3CCNC3)[nH]c2c1. The Morgan fingerprint density at radius 3 is 2.82 bits per heavy atom. The van der Waals surface area contributed by atoms with Crippen LogP contribution in [0.2, 0.25) is 0 Å². The minimum atomic E-state index is 0.622. The summed E-state index contributed by atoms with van der Waals surface area (Å²) in [6.45, 7) is 6.55. The van der Waals surface area contributed by atoms with Gasteiger partial charge >= 0.3 is 0 Å². The first-order chi connectivity index (χ1) is 8.16. The van der Waals surface area contributed by atoms with E-state index in [-0.39, 0.29) is 0 Å². The summed E-state index contributed by atoms with van der Waals surface area (Å²) >= 11 is 3.78. The molecule has 0 spiro atoms. The number of fused-ring (bicyclic) bond motifs is 1. The Hall–Kier alpha value is -0.800. The van der Waals surface area contributed by atoms with Crippen molar-refractivity contribution < 1.29 is 0 Å². The molecule has 2 aromatic rings. The lowest BCUT2D eigenvalue weighted by Gasteiger charge is -2.06. The molecular formula is C14H17BrN2. The summed E-state index contributed by atoms with van der Waals surface area (Å²) in [4.78, 5) is 3.60. The van der Waals surface area contributed by atoms with Crippen LogP contribution >= 0.6 is 15.9 Å². The van der Waals surface area contributed by atoms with E-state index in [1.54, 1.807) is 0 Å². The highest BCUT2D eigenvalue weighted by atomic mass is 79.9. The maximum atomic E-state index is 3.78. The first-order valence-electron chi connectivity index (χ1n) is 6.16. The molecule has 0 radical (unpaired) electrons. The lowest BCUT2D eigenvalue weighted by Crippen LogP contribution is -2.08. The van der Waals surface area contributed by atoms with Crippen molar-refractivity contribution in [2.24, 2.45) is 0 Å². The number of hydrogen-bond donors (Lipinski definition) is 2. The molecule has 17 heavy (non-hydrogen) atoms. The fourth-order valence-electron chi connectivity index (χ4n) is 2.87. The number of rotatable bonds is 1.